The van der Waals surface area contributed by atoms with Gasteiger partial charge in [0.05, 0.1) is 11.9 Å². The summed E-state index contributed by atoms with van der Waals surface area (Å²) >= 11 is 0. The summed E-state index contributed by atoms with van der Waals surface area (Å²) in [6, 6.07) is 0. The minimum absolute atomic E-state index is 0.0736. The summed E-state index contributed by atoms with van der Waals surface area (Å²) in [6.45, 7) is -0.377. The van der Waals surface area contributed by atoms with Gasteiger partial charge in [0.25, 0.3) is 11.1 Å². The van der Waals surface area contributed by atoms with Gasteiger partial charge in [0.2, 0.25) is 0 Å². The molecule has 28 heavy (non-hydrogen) atoms. The van der Waals surface area contributed by atoms with Crippen LogP contribution in [0.5, 0.6) is 0 Å². The Hall–Kier alpha value is -4.03. The number of imidazole rings is 1. The van der Waals surface area contributed by atoms with Crippen LogP contribution < -0.4 is 22.5 Å². The van der Waals surface area contributed by atoms with E-state index in [2.05, 4.69) is 19.9 Å². The van der Waals surface area contributed by atoms with Crippen LogP contribution in [0.1, 0.15) is 5.56 Å². The largest absolute Gasteiger partial charge is 0.480 e. The van der Waals surface area contributed by atoms with Crippen LogP contribution in [0, 0.1) is 0 Å². The summed E-state index contributed by atoms with van der Waals surface area (Å²) in [5.74, 6) is -0.615. The van der Waals surface area contributed by atoms with Crippen molar-refractivity contribution in [2.75, 3.05) is 0 Å². The number of aryl methyl sites for hydroxylation is 1. The number of hydrogen-bond acceptors (Lipinski definition) is 7. The van der Waals surface area contributed by atoms with Crippen LogP contribution in [0.3, 0.4) is 0 Å². The first-order valence-electron chi connectivity index (χ1n) is 7.91. The predicted molar refractivity (Wildman–Crippen MR) is 97.4 cm³/mol. The van der Waals surface area contributed by atoms with Crippen molar-refractivity contribution in [2.24, 2.45) is 19.1 Å². The molecule has 0 saturated heterocycles. The summed E-state index contributed by atoms with van der Waals surface area (Å²) < 4.78 is 3.66. The Morgan fingerprint density at radius 3 is 2.43 bits per heavy atom. The molecular weight excluding hydrogens is 374 g/mol. The monoisotopic (exact) mass is 389 g/mol. The molecule has 0 aromatic carbocycles. The highest BCUT2D eigenvalue weighted by atomic mass is 16.4. The molecule has 13 heteroatoms. The van der Waals surface area contributed by atoms with Crippen LogP contribution in [0.4, 0.5) is 5.82 Å². The number of nitrogens with zero attached hydrogens (tertiary/aromatic N) is 5. The van der Waals surface area contributed by atoms with Crippen molar-refractivity contribution in [3.05, 3.63) is 53.6 Å². The molecule has 0 spiro atoms. The van der Waals surface area contributed by atoms with Crippen molar-refractivity contribution in [1.82, 2.24) is 28.7 Å². The van der Waals surface area contributed by atoms with E-state index in [1.807, 2.05) is 0 Å². The Bertz CT molecular complexity index is 1350. The molecule has 3 N–H and O–H groups in total. The van der Waals surface area contributed by atoms with Gasteiger partial charge < -0.3 is 9.67 Å². The molecule has 0 fully saturated rings. The second-order valence-electron chi connectivity index (χ2n) is 5.89. The lowest BCUT2D eigenvalue weighted by Gasteiger charge is -2.00. The lowest BCUT2D eigenvalue weighted by molar-refractivity contribution is -0.137. The van der Waals surface area contributed by atoms with Crippen LogP contribution in [-0.2, 0) is 31.9 Å². The number of aliphatic imine (C=N–C) groups is 1. The fraction of sp³-hybridized carbons (Fsp3) is 0.267. The zero-order valence-electron chi connectivity index (χ0n) is 14.8. The van der Waals surface area contributed by atoms with Crippen LogP contribution in [-0.4, -0.2) is 45.9 Å². The second kappa shape index (κ2) is 6.94. The average Bonchev–Trinajstić information content (AvgIpc) is 3.26. The summed E-state index contributed by atoms with van der Waals surface area (Å²) in [4.78, 5) is 67.5. The number of carboxylic acid groups (broad SMARTS) is 1. The van der Waals surface area contributed by atoms with E-state index in [1.165, 1.54) is 22.5 Å². The normalized spacial score (nSPS) is 11.9. The third kappa shape index (κ3) is 3.20. The molecule has 4 heterocycles. The maximum Gasteiger partial charge on any atom is 0.329 e. The quantitative estimate of drug-likeness (QED) is 0.447. The first kappa shape index (κ1) is 18.8. The molecule has 0 radical (unpaired) electrons. The first-order valence-corrected chi connectivity index (χ1v) is 7.91. The SMILES string of the molecule is Cn1c(=O)[nH]c(=O)c2c1ncn2CC(=O)O.Cn1c2c(c(=O)[nH]c1=O)CC=N2. The van der Waals surface area contributed by atoms with Gasteiger partial charge in [-0.15, -0.1) is 0 Å². The maximum absolute atomic E-state index is 11.5. The highest BCUT2D eigenvalue weighted by Crippen LogP contribution is 2.16. The summed E-state index contributed by atoms with van der Waals surface area (Å²) in [7, 11) is 3.03. The van der Waals surface area contributed by atoms with Crippen LogP contribution in [0.25, 0.3) is 11.2 Å². The summed E-state index contributed by atoms with van der Waals surface area (Å²) in [6.07, 6.45) is 3.35. The molecule has 0 unspecified atom stereocenters. The van der Waals surface area contributed by atoms with Gasteiger partial charge >= 0.3 is 17.3 Å². The van der Waals surface area contributed by atoms with Gasteiger partial charge in [0.1, 0.15) is 12.4 Å². The molecule has 146 valence electrons. The molecule has 1 aliphatic rings. The van der Waals surface area contributed by atoms with E-state index in [0.29, 0.717) is 17.8 Å². The van der Waals surface area contributed by atoms with Gasteiger partial charge in [-0.3, -0.25) is 33.5 Å². The fourth-order valence-corrected chi connectivity index (χ4v) is 2.68. The number of hydrogen-bond donors (Lipinski definition) is 3. The summed E-state index contributed by atoms with van der Waals surface area (Å²) in [5.41, 5.74) is -1.17. The number of nitrogens with one attached hydrogen (secondary N) is 2. The van der Waals surface area contributed by atoms with Crippen molar-refractivity contribution >= 4 is 29.2 Å². The number of aromatic amines is 2. The van der Waals surface area contributed by atoms with Crippen molar-refractivity contribution in [3.63, 3.8) is 0 Å². The van der Waals surface area contributed by atoms with Gasteiger partial charge in [-0.2, -0.15) is 0 Å². The minimum Gasteiger partial charge on any atom is -0.480 e. The molecule has 3 aromatic heterocycles. The third-order valence-corrected chi connectivity index (χ3v) is 4.08. The fourth-order valence-electron chi connectivity index (χ4n) is 2.68. The lowest BCUT2D eigenvalue weighted by Crippen LogP contribution is -2.29. The van der Waals surface area contributed by atoms with Gasteiger partial charge in [-0.05, 0) is 0 Å². The highest BCUT2D eigenvalue weighted by molar-refractivity contribution is 5.74. The van der Waals surface area contributed by atoms with Crippen LogP contribution >= 0.6 is 0 Å². The highest BCUT2D eigenvalue weighted by Gasteiger charge is 2.14. The lowest BCUT2D eigenvalue weighted by atomic mass is 10.2. The second-order valence-corrected chi connectivity index (χ2v) is 5.89. The zero-order chi connectivity index (χ0) is 20.6. The predicted octanol–water partition coefficient (Wildman–Crippen LogP) is -2.16. The number of aliphatic carboxylic acids is 1. The Balaban J connectivity index is 0.000000167. The van der Waals surface area contributed by atoms with E-state index in [1.54, 1.807) is 13.3 Å². The number of carbonyl (C=O) groups is 1. The van der Waals surface area contributed by atoms with E-state index in [9.17, 15) is 24.0 Å². The van der Waals surface area contributed by atoms with Crippen molar-refractivity contribution in [3.8, 4) is 0 Å². The molecule has 0 atom stereocenters. The van der Waals surface area contributed by atoms with Crippen molar-refractivity contribution < 1.29 is 9.90 Å². The van der Waals surface area contributed by atoms with Crippen LogP contribution in [0.2, 0.25) is 0 Å². The average molecular weight is 389 g/mol. The molecule has 4 rings (SSSR count). The standard InChI is InChI=1S/C8H8N4O4.C7H7N3O2/c1-11-6-5(7(15)10-8(11)16)12(3-9-6)2-4(13)14;1-10-5-4(2-3-8-5)6(11)9-7(10)12/h3H,2H2,1H3,(H,13,14)(H,10,15,16);3H,2H2,1H3,(H,9,11,12). The smallest absolute Gasteiger partial charge is 0.329 e. The molecule has 3 aromatic rings. The van der Waals surface area contributed by atoms with Gasteiger partial charge in [-0.1, -0.05) is 0 Å². The Morgan fingerprint density at radius 2 is 1.75 bits per heavy atom. The topological polar surface area (TPSA) is 177 Å². The van der Waals surface area contributed by atoms with Crippen LogP contribution in [0.15, 0.2) is 30.5 Å². The molecular formula is C15H15N7O6. The summed E-state index contributed by atoms with van der Waals surface area (Å²) in [5, 5.41) is 8.63. The van der Waals surface area contributed by atoms with Gasteiger partial charge in [-0.25, -0.2) is 19.6 Å². The van der Waals surface area contributed by atoms with E-state index in [-0.39, 0.29) is 23.3 Å². The minimum atomic E-state index is -1.09. The molecule has 0 bridgehead atoms. The van der Waals surface area contributed by atoms with E-state index >= 15 is 0 Å². The molecule has 0 aliphatic carbocycles. The number of carboxylic acids is 1. The van der Waals surface area contributed by atoms with Gasteiger partial charge in [0, 0.05) is 26.7 Å². The number of fused-ring (bicyclic) bond motifs is 2. The Morgan fingerprint density at radius 1 is 1.11 bits per heavy atom. The van der Waals surface area contributed by atoms with E-state index < -0.39 is 22.9 Å². The number of aromatic nitrogens is 6. The van der Waals surface area contributed by atoms with Crippen molar-refractivity contribution in [1.29, 1.82) is 0 Å². The third-order valence-electron chi connectivity index (χ3n) is 4.08. The molecule has 1 aliphatic heterocycles. The Labute approximate surface area is 154 Å². The van der Waals surface area contributed by atoms with E-state index in [0.717, 1.165) is 4.57 Å². The number of rotatable bonds is 2. The first-order chi connectivity index (χ1) is 13.2. The van der Waals surface area contributed by atoms with Crippen molar-refractivity contribution in [2.45, 2.75) is 13.0 Å². The zero-order valence-corrected chi connectivity index (χ0v) is 14.8. The number of H-pyrrole nitrogens is 2. The van der Waals surface area contributed by atoms with Gasteiger partial charge in [0.15, 0.2) is 11.2 Å². The maximum atomic E-state index is 11.5. The molecule has 13 nitrogen and oxygen atoms in total. The Kier molecular flexibility index (Phi) is 4.65. The van der Waals surface area contributed by atoms with E-state index in [4.69, 9.17) is 5.11 Å². The molecule has 0 amide bonds. The molecule has 0 saturated carbocycles.